The molecule has 3 N–H and O–H groups in total. The summed E-state index contributed by atoms with van der Waals surface area (Å²) in [5, 5.41) is 5.57. The zero-order chi connectivity index (χ0) is 10.9. The molecule has 1 aliphatic heterocycles. The minimum atomic E-state index is 0.129. The molecule has 0 fully saturated rings. The van der Waals surface area contributed by atoms with Gasteiger partial charge in [-0.1, -0.05) is 34.1 Å². The quantitative estimate of drug-likeness (QED) is 0.532. The first-order valence-corrected chi connectivity index (χ1v) is 7.56. The lowest BCUT2D eigenvalue weighted by atomic mass is 10.1. The van der Waals surface area contributed by atoms with E-state index in [1.54, 1.807) is 10.8 Å². The summed E-state index contributed by atoms with van der Waals surface area (Å²) in [7, 11) is 3.70. The number of hydrogen-bond donors (Lipinski definition) is 2. The van der Waals surface area contributed by atoms with Crippen molar-refractivity contribution >= 4 is 27.5 Å². The van der Waals surface area contributed by atoms with Gasteiger partial charge in [0, 0.05) is 24.8 Å². The average molecular weight is 246 g/mol. The molecule has 1 atom stereocenters. The molecule has 0 spiro atoms. The van der Waals surface area contributed by atoms with Gasteiger partial charge in [-0.2, -0.15) is 0 Å². The van der Waals surface area contributed by atoms with Crippen LogP contribution in [0.5, 0.6) is 0 Å². The van der Waals surface area contributed by atoms with Crippen molar-refractivity contribution in [2.75, 3.05) is 13.1 Å². The summed E-state index contributed by atoms with van der Waals surface area (Å²) in [4.78, 5) is 11.2. The Labute approximate surface area is 99.0 Å². The Kier molecular flexibility index (Phi) is 6.96. The molecule has 1 unspecified atom stereocenters. The monoisotopic (exact) mass is 246 g/mol. The lowest BCUT2D eigenvalue weighted by molar-refractivity contribution is -0.121. The average Bonchev–Trinajstić information content (AvgIpc) is 2.74. The summed E-state index contributed by atoms with van der Waals surface area (Å²) < 4.78 is 0. The van der Waals surface area contributed by atoms with Crippen LogP contribution in [0.1, 0.15) is 25.7 Å². The zero-order valence-electron chi connectivity index (χ0n) is 8.78. The van der Waals surface area contributed by atoms with E-state index in [4.69, 9.17) is 5.73 Å². The van der Waals surface area contributed by atoms with Gasteiger partial charge in [0.15, 0.2) is 0 Å². The van der Waals surface area contributed by atoms with Crippen LogP contribution in [0, 0.1) is 0 Å². The van der Waals surface area contributed by atoms with Crippen molar-refractivity contribution in [3.05, 3.63) is 11.5 Å². The van der Waals surface area contributed by atoms with Crippen LogP contribution < -0.4 is 11.1 Å². The lowest BCUT2D eigenvalue weighted by Gasteiger charge is -2.06. The summed E-state index contributed by atoms with van der Waals surface area (Å²) in [6.07, 6.45) is 6.15. The molecular weight excluding hydrogens is 228 g/mol. The number of nitrogens with two attached hydrogens (primary N) is 1. The fourth-order valence-corrected chi connectivity index (χ4v) is 3.59. The zero-order valence-corrected chi connectivity index (χ0v) is 10.4. The summed E-state index contributed by atoms with van der Waals surface area (Å²) in [6, 6.07) is 0. The van der Waals surface area contributed by atoms with Crippen LogP contribution in [-0.2, 0) is 4.79 Å². The van der Waals surface area contributed by atoms with Gasteiger partial charge in [-0.3, -0.25) is 4.79 Å². The molecule has 0 saturated carbocycles. The first-order chi connectivity index (χ1) is 7.33. The molecule has 1 rings (SSSR count). The molecule has 5 heteroatoms. The Balaban J connectivity index is 1.91. The molecule has 1 heterocycles. The smallest absolute Gasteiger partial charge is 0.220 e. The summed E-state index contributed by atoms with van der Waals surface area (Å²) in [5.41, 5.74) is 5.29. The second-order valence-corrected chi connectivity index (χ2v) is 5.86. The molecule has 0 aromatic heterocycles. The Bertz CT molecular complexity index is 221. The van der Waals surface area contributed by atoms with Gasteiger partial charge in [0.1, 0.15) is 0 Å². The normalized spacial score (nSPS) is 19.4. The van der Waals surface area contributed by atoms with E-state index in [9.17, 15) is 4.79 Å². The van der Waals surface area contributed by atoms with Crippen LogP contribution in [0.15, 0.2) is 11.5 Å². The fraction of sp³-hybridized carbons (Fsp3) is 0.700. The highest BCUT2D eigenvalue weighted by molar-refractivity contribution is 8.78. The number of nitrogens with one attached hydrogen (secondary N) is 1. The first kappa shape index (κ1) is 12.9. The molecule has 15 heavy (non-hydrogen) atoms. The van der Waals surface area contributed by atoms with E-state index < -0.39 is 0 Å². The van der Waals surface area contributed by atoms with Crippen LogP contribution in [0.4, 0.5) is 0 Å². The Morgan fingerprint density at radius 3 is 3.00 bits per heavy atom. The largest absolute Gasteiger partial charge is 0.355 e. The third kappa shape index (κ3) is 6.12. The van der Waals surface area contributed by atoms with Crippen molar-refractivity contribution in [3.8, 4) is 0 Å². The maximum absolute atomic E-state index is 11.2. The maximum Gasteiger partial charge on any atom is 0.220 e. The van der Waals surface area contributed by atoms with E-state index in [2.05, 4.69) is 16.8 Å². The van der Waals surface area contributed by atoms with Crippen molar-refractivity contribution in [2.24, 2.45) is 5.73 Å². The number of carbonyl (C=O) groups excluding carboxylic acids is 1. The van der Waals surface area contributed by atoms with E-state index in [0.29, 0.717) is 24.8 Å². The lowest BCUT2D eigenvalue weighted by Crippen LogP contribution is -2.28. The van der Waals surface area contributed by atoms with Crippen molar-refractivity contribution in [3.63, 3.8) is 0 Å². The van der Waals surface area contributed by atoms with E-state index in [1.165, 1.54) is 6.42 Å². The highest BCUT2D eigenvalue weighted by Gasteiger charge is 2.10. The standard InChI is InChI=1S/C10H18N2OS2/c11-6-7-12-10(13)4-2-1-3-9-5-8-14-15-9/h5,8-9H,1-4,6-7,11H2,(H,12,13). The molecule has 0 saturated heterocycles. The van der Waals surface area contributed by atoms with Crippen molar-refractivity contribution < 1.29 is 4.79 Å². The van der Waals surface area contributed by atoms with Crippen molar-refractivity contribution in [1.29, 1.82) is 0 Å². The number of hydrogen-bond acceptors (Lipinski definition) is 4. The van der Waals surface area contributed by atoms with Gasteiger partial charge in [0.2, 0.25) is 5.91 Å². The van der Waals surface area contributed by atoms with Crippen LogP contribution in [-0.4, -0.2) is 24.2 Å². The molecular formula is C10H18N2OS2. The number of unbranched alkanes of at least 4 members (excludes halogenated alkanes) is 1. The van der Waals surface area contributed by atoms with Gasteiger partial charge >= 0.3 is 0 Å². The van der Waals surface area contributed by atoms with Gasteiger partial charge in [-0.05, 0) is 18.2 Å². The topological polar surface area (TPSA) is 55.1 Å². The van der Waals surface area contributed by atoms with Crippen LogP contribution in [0.2, 0.25) is 0 Å². The van der Waals surface area contributed by atoms with E-state index in [1.807, 2.05) is 10.8 Å². The van der Waals surface area contributed by atoms with E-state index >= 15 is 0 Å². The number of carbonyl (C=O) groups is 1. The number of rotatable bonds is 7. The Hall–Kier alpha value is -0.130. The maximum atomic E-state index is 11.2. The highest BCUT2D eigenvalue weighted by Crippen LogP contribution is 2.37. The second-order valence-electron chi connectivity index (χ2n) is 3.44. The van der Waals surface area contributed by atoms with Crippen molar-refractivity contribution in [2.45, 2.75) is 30.9 Å². The van der Waals surface area contributed by atoms with Gasteiger partial charge in [0.25, 0.3) is 0 Å². The molecule has 0 aromatic rings. The second kappa shape index (κ2) is 8.07. The summed E-state index contributed by atoms with van der Waals surface area (Å²) in [6.45, 7) is 1.11. The minimum Gasteiger partial charge on any atom is -0.355 e. The molecule has 0 aromatic carbocycles. The SMILES string of the molecule is NCCNC(=O)CCCCC1C=CSS1. The molecule has 0 radical (unpaired) electrons. The predicted molar refractivity (Wildman–Crippen MR) is 68.6 cm³/mol. The Morgan fingerprint density at radius 1 is 1.47 bits per heavy atom. The molecule has 1 amide bonds. The van der Waals surface area contributed by atoms with Crippen molar-refractivity contribution in [1.82, 2.24) is 5.32 Å². The molecule has 1 aliphatic rings. The van der Waals surface area contributed by atoms with Gasteiger partial charge in [0.05, 0.1) is 0 Å². The van der Waals surface area contributed by atoms with Gasteiger partial charge < -0.3 is 11.1 Å². The Morgan fingerprint density at radius 2 is 2.33 bits per heavy atom. The van der Waals surface area contributed by atoms with E-state index in [-0.39, 0.29) is 5.91 Å². The van der Waals surface area contributed by atoms with E-state index in [0.717, 1.165) is 12.8 Å². The van der Waals surface area contributed by atoms with Crippen LogP contribution in [0.3, 0.4) is 0 Å². The van der Waals surface area contributed by atoms with Crippen LogP contribution >= 0.6 is 21.6 Å². The first-order valence-electron chi connectivity index (χ1n) is 5.28. The fourth-order valence-electron chi connectivity index (χ4n) is 1.33. The molecule has 0 aliphatic carbocycles. The highest BCUT2D eigenvalue weighted by atomic mass is 33.1. The summed E-state index contributed by atoms with van der Waals surface area (Å²) >= 11 is 0. The molecule has 0 bridgehead atoms. The number of amides is 1. The van der Waals surface area contributed by atoms with Gasteiger partial charge in [-0.15, -0.1) is 0 Å². The third-order valence-corrected chi connectivity index (χ3v) is 4.56. The molecule has 86 valence electrons. The summed E-state index contributed by atoms with van der Waals surface area (Å²) in [5.74, 6) is 0.129. The van der Waals surface area contributed by atoms with Crippen LogP contribution in [0.25, 0.3) is 0 Å². The minimum absolute atomic E-state index is 0.129. The third-order valence-electron chi connectivity index (χ3n) is 2.14. The molecule has 3 nitrogen and oxygen atoms in total. The van der Waals surface area contributed by atoms with Gasteiger partial charge in [-0.25, -0.2) is 0 Å². The predicted octanol–water partition coefficient (Wildman–Crippen LogP) is 1.90.